The summed E-state index contributed by atoms with van der Waals surface area (Å²) in [5.41, 5.74) is 1.95. The minimum absolute atomic E-state index is 0.440. The van der Waals surface area contributed by atoms with Crippen LogP contribution in [0, 0.1) is 0 Å². The van der Waals surface area contributed by atoms with Crippen molar-refractivity contribution in [2.45, 2.75) is 26.4 Å². The molecule has 2 aromatic rings. The van der Waals surface area contributed by atoms with Gasteiger partial charge in [0.15, 0.2) is 5.82 Å². The second-order valence-corrected chi connectivity index (χ2v) is 4.64. The van der Waals surface area contributed by atoms with Crippen molar-refractivity contribution in [3.63, 3.8) is 0 Å². The smallest absolute Gasteiger partial charge is 0.159 e. The summed E-state index contributed by atoms with van der Waals surface area (Å²) in [5.74, 6) is 1.54. The highest BCUT2D eigenvalue weighted by Gasteiger charge is 2.04. The topological polar surface area (TPSA) is 47.0 Å². The summed E-state index contributed by atoms with van der Waals surface area (Å²) in [7, 11) is 1.66. The van der Waals surface area contributed by atoms with E-state index in [0.29, 0.717) is 6.04 Å². The lowest BCUT2D eigenvalue weighted by atomic mass is 10.2. The standard InChI is InChI=1S/C15H19N3O/c1-11(2)17-10-13-7-8-16-15(18-13)12-5-4-6-14(9-12)19-3/h4-9,11,17H,10H2,1-3H3. The van der Waals surface area contributed by atoms with Crippen LogP contribution in [0.3, 0.4) is 0 Å². The van der Waals surface area contributed by atoms with Crippen LogP contribution in [0.15, 0.2) is 36.5 Å². The van der Waals surface area contributed by atoms with E-state index in [1.54, 1.807) is 13.3 Å². The van der Waals surface area contributed by atoms with Crippen molar-refractivity contribution in [3.05, 3.63) is 42.2 Å². The zero-order valence-electron chi connectivity index (χ0n) is 11.6. The summed E-state index contributed by atoms with van der Waals surface area (Å²) in [5, 5.41) is 3.35. The first-order valence-corrected chi connectivity index (χ1v) is 6.39. The van der Waals surface area contributed by atoms with E-state index in [4.69, 9.17) is 4.74 Å². The van der Waals surface area contributed by atoms with Crippen molar-refractivity contribution in [3.8, 4) is 17.1 Å². The summed E-state index contributed by atoms with van der Waals surface area (Å²) >= 11 is 0. The van der Waals surface area contributed by atoms with E-state index in [-0.39, 0.29) is 0 Å². The Kier molecular flexibility index (Phi) is 4.47. The molecule has 0 aliphatic carbocycles. The first-order valence-electron chi connectivity index (χ1n) is 6.39. The number of methoxy groups -OCH3 is 1. The van der Waals surface area contributed by atoms with Crippen LogP contribution in [-0.2, 0) is 6.54 Å². The maximum absolute atomic E-state index is 5.22. The normalized spacial score (nSPS) is 10.7. The zero-order chi connectivity index (χ0) is 13.7. The van der Waals surface area contributed by atoms with E-state index >= 15 is 0 Å². The number of hydrogen-bond acceptors (Lipinski definition) is 4. The Balaban J connectivity index is 2.22. The quantitative estimate of drug-likeness (QED) is 0.894. The number of ether oxygens (including phenoxy) is 1. The Hall–Kier alpha value is -1.94. The molecular weight excluding hydrogens is 238 g/mol. The SMILES string of the molecule is COc1cccc(-c2nccc(CNC(C)C)n2)c1. The summed E-state index contributed by atoms with van der Waals surface area (Å²) in [6.07, 6.45) is 1.79. The van der Waals surface area contributed by atoms with Gasteiger partial charge in [-0.15, -0.1) is 0 Å². The Morgan fingerprint density at radius 1 is 1.26 bits per heavy atom. The first-order chi connectivity index (χ1) is 9.19. The highest BCUT2D eigenvalue weighted by molar-refractivity contribution is 5.57. The molecule has 19 heavy (non-hydrogen) atoms. The van der Waals surface area contributed by atoms with E-state index in [1.807, 2.05) is 30.3 Å². The minimum atomic E-state index is 0.440. The fraction of sp³-hybridized carbons (Fsp3) is 0.333. The van der Waals surface area contributed by atoms with Crippen molar-refractivity contribution in [2.24, 2.45) is 0 Å². The van der Waals surface area contributed by atoms with Crippen molar-refractivity contribution >= 4 is 0 Å². The Morgan fingerprint density at radius 3 is 2.84 bits per heavy atom. The van der Waals surface area contributed by atoms with Crippen LogP contribution < -0.4 is 10.1 Å². The molecule has 1 N–H and O–H groups in total. The molecule has 0 unspecified atom stereocenters. The summed E-state index contributed by atoms with van der Waals surface area (Å²) < 4.78 is 5.22. The van der Waals surface area contributed by atoms with Crippen LogP contribution in [0.25, 0.3) is 11.4 Å². The number of nitrogens with zero attached hydrogens (tertiary/aromatic N) is 2. The van der Waals surface area contributed by atoms with Gasteiger partial charge in [0.05, 0.1) is 12.8 Å². The molecule has 0 aliphatic heterocycles. The van der Waals surface area contributed by atoms with Gasteiger partial charge in [-0.25, -0.2) is 9.97 Å². The molecule has 4 heteroatoms. The average Bonchev–Trinajstić information content (AvgIpc) is 2.45. The molecule has 100 valence electrons. The number of aromatic nitrogens is 2. The number of hydrogen-bond donors (Lipinski definition) is 1. The van der Waals surface area contributed by atoms with Gasteiger partial charge in [-0.3, -0.25) is 0 Å². The summed E-state index contributed by atoms with van der Waals surface area (Å²) in [6, 6.07) is 10.1. The van der Waals surface area contributed by atoms with Crippen molar-refractivity contribution in [2.75, 3.05) is 7.11 Å². The molecule has 1 heterocycles. The van der Waals surface area contributed by atoms with Crippen LogP contribution in [0.1, 0.15) is 19.5 Å². The van der Waals surface area contributed by atoms with Crippen LogP contribution in [-0.4, -0.2) is 23.1 Å². The second-order valence-electron chi connectivity index (χ2n) is 4.64. The lowest BCUT2D eigenvalue weighted by Gasteiger charge is -2.08. The molecule has 0 spiro atoms. The van der Waals surface area contributed by atoms with Gasteiger partial charge >= 0.3 is 0 Å². The zero-order valence-corrected chi connectivity index (χ0v) is 11.6. The van der Waals surface area contributed by atoms with Gasteiger partial charge in [0.2, 0.25) is 0 Å². The van der Waals surface area contributed by atoms with Crippen molar-refractivity contribution in [1.82, 2.24) is 15.3 Å². The maximum Gasteiger partial charge on any atom is 0.159 e. The number of rotatable bonds is 5. The predicted octanol–water partition coefficient (Wildman–Crippen LogP) is 2.65. The van der Waals surface area contributed by atoms with Crippen molar-refractivity contribution < 1.29 is 4.74 Å². The Morgan fingerprint density at radius 2 is 2.11 bits per heavy atom. The van der Waals surface area contributed by atoms with Crippen LogP contribution in [0.4, 0.5) is 0 Å². The molecule has 0 saturated heterocycles. The minimum Gasteiger partial charge on any atom is -0.497 e. The Bertz CT molecular complexity index is 540. The van der Waals surface area contributed by atoms with Crippen LogP contribution in [0.5, 0.6) is 5.75 Å². The van der Waals surface area contributed by atoms with Gasteiger partial charge in [0, 0.05) is 24.3 Å². The summed E-state index contributed by atoms with van der Waals surface area (Å²) in [4.78, 5) is 8.88. The fourth-order valence-corrected chi connectivity index (χ4v) is 1.70. The van der Waals surface area contributed by atoms with E-state index in [2.05, 4.69) is 29.1 Å². The third-order valence-electron chi connectivity index (χ3n) is 2.73. The maximum atomic E-state index is 5.22. The third kappa shape index (κ3) is 3.76. The highest BCUT2D eigenvalue weighted by atomic mass is 16.5. The molecular formula is C15H19N3O. The van der Waals surface area contributed by atoms with Gasteiger partial charge in [0.25, 0.3) is 0 Å². The largest absolute Gasteiger partial charge is 0.497 e. The Labute approximate surface area is 113 Å². The van der Waals surface area contributed by atoms with E-state index in [9.17, 15) is 0 Å². The van der Waals surface area contributed by atoms with Gasteiger partial charge < -0.3 is 10.1 Å². The molecule has 0 aliphatic rings. The van der Waals surface area contributed by atoms with E-state index in [1.165, 1.54) is 0 Å². The second kappa shape index (κ2) is 6.29. The van der Waals surface area contributed by atoms with E-state index in [0.717, 1.165) is 29.4 Å². The molecule has 0 fully saturated rings. The molecule has 2 rings (SSSR count). The van der Waals surface area contributed by atoms with Crippen LogP contribution >= 0.6 is 0 Å². The summed E-state index contributed by atoms with van der Waals surface area (Å²) in [6.45, 7) is 4.98. The molecule has 1 aromatic heterocycles. The highest BCUT2D eigenvalue weighted by Crippen LogP contribution is 2.20. The monoisotopic (exact) mass is 257 g/mol. The molecule has 0 saturated carbocycles. The lowest BCUT2D eigenvalue weighted by molar-refractivity contribution is 0.415. The van der Waals surface area contributed by atoms with Gasteiger partial charge in [-0.2, -0.15) is 0 Å². The number of nitrogens with one attached hydrogen (secondary N) is 1. The third-order valence-corrected chi connectivity index (χ3v) is 2.73. The van der Waals surface area contributed by atoms with Crippen molar-refractivity contribution in [1.29, 1.82) is 0 Å². The number of benzene rings is 1. The molecule has 0 amide bonds. The molecule has 0 radical (unpaired) electrons. The molecule has 0 atom stereocenters. The molecule has 0 bridgehead atoms. The molecule has 4 nitrogen and oxygen atoms in total. The van der Waals surface area contributed by atoms with Gasteiger partial charge in [0.1, 0.15) is 5.75 Å². The van der Waals surface area contributed by atoms with E-state index < -0.39 is 0 Å². The van der Waals surface area contributed by atoms with Gasteiger partial charge in [-0.1, -0.05) is 26.0 Å². The van der Waals surface area contributed by atoms with Crippen LogP contribution in [0.2, 0.25) is 0 Å². The predicted molar refractivity (Wildman–Crippen MR) is 76.0 cm³/mol. The lowest BCUT2D eigenvalue weighted by Crippen LogP contribution is -2.22. The average molecular weight is 257 g/mol. The molecule has 1 aromatic carbocycles. The van der Waals surface area contributed by atoms with Gasteiger partial charge in [-0.05, 0) is 18.2 Å². The fourth-order valence-electron chi connectivity index (χ4n) is 1.70. The first kappa shape index (κ1) is 13.5.